The Hall–Kier alpha value is -1.60. The van der Waals surface area contributed by atoms with Gasteiger partial charge in [-0.05, 0) is 55.7 Å². The van der Waals surface area contributed by atoms with Crippen molar-refractivity contribution < 1.29 is 17.9 Å². The average molecular weight is 364 g/mol. The van der Waals surface area contributed by atoms with Gasteiger partial charge >= 0.3 is 0 Å². The van der Waals surface area contributed by atoms with Gasteiger partial charge in [-0.15, -0.1) is 0 Å². The van der Waals surface area contributed by atoms with Crippen LogP contribution in [0.1, 0.15) is 38.5 Å². The van der Waals surface area contributed by atoms with Crippen LogP contribution >= 0.6 is 0 Å². The lowest BCUT2D eigenvalue weighted by atomic mass is 9.96. The Labute approximate surface area is 148 Å². The molecule has 1 aromatic rings. The Morgan fingerprint density at radius 2 is 2.08 bits per heavy atom. The summed E-state index contributed by atoms with van der Waals surface area (Å²) in [4.78, 5) is 13.9. The van der Waals surface area contributed by atoms with E-state index in [1.165, 1.54) is 13.5 Å². The second kappa shape index (κ2) is 6.29. The van der Waals surface area contributed by atoms with Gasteiger partial charge in [0.15, 0.2) is 0 Å². The van der Waals surface area contributed by atoms with E-state index >= 15 is 0 Å². The molecule has 4 rings (SSSR count). The molecule has 1 N–H and O–H groups in total. The maximum atomic E-state index is 12.9. The molecule has 0 unspecified atom stereocenters. The number of benzene rings is 1. The van der Waals surface area contributed by atoms with Crippen LogP contribution in [0.15, 0.2) is 23.1 Å². The highest BCUT2D eigenvalue weighted by Crippen LogP contribution is 2.45. The van der Waals surface area contributed by atoms with Crippen molar-refractivity contribution >= 4 is 21.6 Å². The van der Waals surface area contributed by atoms with Crippen LogP contribution in [0.5, 0.6) is 5.75 Å². The number of amides is 1. The first-order chi connectivity index (χ1) is 12.0. The van der Waals surface area contributed by atoms with Crippen LogP contribution < -0.4 is 14.4 Å². The van der Waals surface area contributed by atoms with Gasteiger partial charge in [0, 0.05) is 19.0 Å². The number of ether oxygens (including phenoxy) is 1. The van der Waals surface area contributed by atoms with Gasteiger partial charge in [-0.3, -0.25) is 4.79 Å². The van der Waals surface area contributed by atoms with Crippen molar-refractivity contribution in [3.63, 3.8) is 0 Å². The largest absolute Gasteiger partial charge is 0.495 e. The minimum Gasteiger partial charge on any atom is -0.495 e. The molecule has 1 saturated heterocycles. The predicted molar refractivity (Wildman–Crippen MR) is 94.1 cm³/mol. The van der Waals surface area contributed by atoms with Crippen LogP contribution in [0.3, 0.4) is 0 Å². The van der Waals surface area contributed by atoms with Crippen molar-refractivity contribution in [1.82, 2.24) is 4.72 Å². The maximum absolute atomic E-state index is 12.9. The average Bonchev–Trinajstić information content (AvgIpc) is 3.30. The van der Waals surface area contributed by atoms with Crippen molar-refractivity contribution in [2.45, 2.75) is 49.5 Å². The second-order valence-corrected chi connectivity index (χ2v) is 9.10. The molecule has 0 spiro atoms. The molecule has 25 heavy (non-hydrogen) atoms. The van der Waals surface area contributed by atoms with Gasteiger partial charge in [0.25, 0.3) is 0 Å². The summed E-state index contributed by atoms with van der Waals surface area (Å²) in [6, 6.07) is 4.80. The van der Waals surface area contributed by atoms with Crippen molar-refractivity contribution in [2.24, 2.45) is 11.8 Å². The summed E-state index contributed by atoms with van der Waals surface area (Å²) in [5, 5.41) is 0. The second-order valence-electron chi connectivity index (χ2n) is 7.39. The van der Waals surface area contributed by atoms with Gasteiger partial charge in [0.2, 0.25) is 15.9 Å². The van der Waals surface area contributed by atoms with E-state index in [1.54, 1.807) is 23.1 Å². The molecule has 1 heterocycles. The summed E-state index contributed by atoms with van der Waals surface area (Å²) in [6.07, 6.45) is 5.70. The molecular formula is C18H24N2O4S. The van der Waals surface area contributed by atoms with Gasteiger partial charge in [-0.2, -0.15) is 0 Å². The fraction of sp³-hybridized carbons (Fsp3) is 0.611. The predicted octanol–water partition coefficient (Wildman–Crippen LogP) is 2.29. The van der Waals surface area contributed by atoms with Crippen LogP contribution in [0, 0.1) is 11.8 Å². The number of carbonyl (C=O) groups excluding carboxylic acids is 1. The molecule has 136 valence electrons. The first-order valence-electron chi connectivity index (χ1n) is 8.98. The van der Waals surface area contributed by atoms with Gasteiger partial charge in [-0.1, -0.05) is 6.42 Å². The molecule has 3 fully saturated rings. The number of nitrogens with one attached hydrogen (secondary N) is 1. The third kappa shape index (κ3) is 3.04. The van der Waals surface area contributed by atoms with E-state index in [0.29, 0.717) is 36.2 Å². The Balaban J connectivity index is 1.62. The molecule has 2 bridgehead atoms. The summed E-state index contributed by atoms with van der Waals surface area (Å²) in [5.41, 5.74) is 0.542. The number of methoxy groups -OCH3 is 1. The van der Waals surface area contributed by atoms with E-state index in [4.69, 9.17) is 4.74 Å². The molecule has 3 atom stereocenters. The number of anilines is 1. The van der Waals surface area contributed by atoms with Crippen molar-refractivity contribution in [2.75, 3.05) is 18.6 Å². The number of rotatable bonds is 5. The maximum Gasteiger partial charge on any atom is 0.240 e. The van der Waals surface area contributed by atoms with Gasteiger partial charge < -0.3 is 9.64 Å². The van der Waals surface area contributed by atoms with Crippen molar-refractivity contribution in [3.05, 3.63) is 18.2 Å². The monoisotopic (exact) mass is 364 g/mol. The normalized spacial score (nSPS) is 28.8. The zero-order valence-electron chi connectivity index (χ0n) is 14.4. The van der Waals surface area contributed by atoms with E-state index < -0.39 is 10.0 Å². The summed E-state index contributed by atoms with van der Waals surface area (Å²) in [7, 11) is -2.08. The first kappa shape index (κ1) is 16.8. The molecule has 1 amide bonds. The number of nitrogens with zero attached hydrogens (tertiary/aromatic N) is 1. The molecule has 1 aliphatic heterocycles. The Bertz CT molecular complexity index is 792. The molecule has 0 aromatic heterocycles. The Kier molecular flexibility index (Phi) is 4.24. The number of fused-ring (bicyclic) bond motifs is 2. The van der Waals surface area contributed by atoms with E-state index in [2.05, 4.69) is 4.72 Å². The highest BCUT2D eigenvalue weighted by molar-refractivity contribution is 7.89. The molecular weight excluding hydrogens is 340 g/mol. The smallest absolute Gasteiger partial charge is 0.240 e. The van der Waals surface area contributed by atoms with Crippen LogP contribution in [0.4, 0.5) is 5.69 Å². The lowest BCUT2D eigenvalue weighted by Crippen LogP contribution is -2.38. The molecule has 0 radical (unpaired) electrons. The summed E-state index contributed by atoms with van der Waals surface area (Å²) in [6.45, 7) is 0.596. The first-order valence-corrected chi connectivity index (χ1v) is 10.5. The van der Waals surface area contributed by atoms with Crippen molar-refractivity contribution in [1.29, 1.82) is 0 Å². The summed E-state index contributed by atoms with van der Waals surface area (Å²) < 4.78 is 34.0. The third-order valence-corrected chi connectivity index (χ3v) is 7.36. The molecule has 7 heteroatoms. The number of carbonyl (C=O) groups is 1. The number of hydrogen-bond donors (Lipinski definition) is 1. The van der Waals surface area contributed by atoms with Gasteiger partial charge in [0.05, 0.1) is 17.7 Å². The fourth-order valence-electron chi connectivity index (χ4n) is 4.61. The Morgan fingerprint density at radius 3 is 2.68 bits per heavy atom. The fourth-order valence-corrected chi connectivity index (χ4v) is 5.94. The number of sulfonamides is 1. The lowest BCUT2D eigenvalue weighted by Gasteiger charge is -2.24. The molecule has 2 saturated carbocycles. The zero-order valence-corrected chi connectivity index (χ0v) is 15.2. The zero-order chi connectivity index (χ0) is 17.6. The van der Waals surface area contributed by atoms with Gasteiger partial charge in [-0.25, -0.2) is 13.1 Å². The van der Waals surface area contributed by atoms with Crippen molar-refractivity contribution in [3.8, 4) is 5.75 Å². The van der Waals surface area contributed by atoms with Crippen LogP contribution in [-0.2, 0) is 14.8 Å². The quantitative estimate of drug-likeness (QED) is 0.870. The number of hydrogen-bond acceptors (Lipinski definition) is 4. The van der Waals surface area contributed by atoms with Crippen LogP contribution in [0.2, 0.25) is 0 Å². The van der Waals surface area contributed by atoms with E-state index in [0.717, 1.165) is 25.7 Å². The third-order valence-electron chi connectivity index (χ3n) is 5.87. The molecule has 2 aliphatic carbocycles. The molecule has 6 nitrogen and oxygen atoms in total. The highest BCUT2D eigenvalue weighted by Gasteiger charge is 2.41. The standard InChI is InChI=1S/C18H24N2O4S/c1-24-17-7-6-14(11-16(17)20-8-2-3-18(20)21)25(22,23)19-15-10-12-4-5-13(15)9-12/h6-7,11-13,15,19H,2-5,8-10H2,1H3/t12-,13-,15-/m1/s1. The molecule has 3 aliphatic rings. The SMILES string of the molecule is COc1ccc(S(=O)(=O)N[C@@H]2C[C@@H]3CC[C@@H]2C3)cc1N1CCCC1=O. The highest BCUT2D eigenvalue weighted by atomic mass is 32.2. The minimum atomic E-state index is -3.60. The van der Waals surface area contributed by atoms with Crippen LogP contribution in [-0.4, -0.2) is 34.0 Å². The lowest BCUT2D eigenvalue weighted by molar-refractivity contribution is -0.117. The van der Waals surface area contributed by atoms with E-state index in [1.807, 2.05) is 0 Å². The summed E-state index contributed by atoms with van der Waals surface area (Å²) in [5.74, 6) is 1.67. The summed E-state index contributed by atoms with van der Waals surface area (Å²) >= 11 is 0. The van der Waals surface area contributed by atoms with Crippen LogP contribution in [0.25, 0.3) is 0 Å². The topological polar surface area (TPSA) is 75.7 Å². The minimum absolute atomic E-state index is 0.00825. The Morgan fingerprint density at radius 1 is 1.24 bits per heavy atom. The molecule has 1 aromatic carbocycles. The van der Waals surface area contributed by atoms with E-state index in [-0.39, 0.29) is 16.8 Å². The van der Waals surface area contributed by atoms with E-state index in [9.17, 15) is 13.2 Å². The van der Waals surface area contributed by atoms with Gasteiger partial charge in [0.1, 0.15) is 5.75 Å².